The van der Waals surface area contributed by atoms with Crippen LogP contribution in [0.4, 0.5) is 0 Å². The Hall–Kier alpha value is -0.970. The van der Waals surface area contributed by atoms with Gasteiger partial charge < -0.3 is 14.8 Å². The normalized spacial score (nSPS) is 16.2. The van der Waals surface area contributed by atoms with Gasteiger partial charge in [0.2, 0.25) is 0 Å². The van der Waals surface area contributed by atoms with Crippen LogP contribution in [-0.4, -0.2) is 45.3 Å². The molecule has 1 aromatic carbocycles. The topological polar surface area (TPSA) is 33.7 Å². The highest BCUT2D eigenvalue weighted by molar-refractivity contribution is 6.33. The number of benzene rings is 1. The summed E-state index contributed by atoms with van der Waals surface area (Å²) in [5.74, 6) is 1.34. The third-order valence-electron chi connectivity index (χ3n) is 3.76. The molecule has 1 saturated heterocycles. The zero-order valence-electron chi connectivity index (χ0n) is 12.5. The quantitative estimate of drug-likeness (QED) is 0.904. The number of nitrogens with zero attached hydrogens (tertiary/aromatic N) is 1. The third kappa shape index (κ3) is 3.19. The van der Waals surface area contributed by atoms with Crippen LogP contribution in [0.5, 0.6) is 11.5 Å². The average Bonchev–Trinajstić information content (AvgIpc) is 2.48. The van der Waals surface area contributed by atoms with Gasteiger partial charge in [0.25, 0.3) is 0 Å². The molecule has 1 aromatic rings. The van der Waals surface area contributed by atoms with Gasteiger partial charge in [0.05, 0.1) is 19.2 Å². The molecule has 5 heteroatoms. The number of ether oxygens (including phenoxy) is 2. The highest BCUT2D eigenvalue weighted by atomic mass is 35.5. The Balaban J connectivity index is 2.32. The summed E-state index contributed by atoms with van der Waals surface area (Å²) in [4.78, 5) is 2.44. The molecule has 0 spiro atoms. The van der Waals surface area contributed by atoms with Crippen LogP contribution in [0, 0.1) is 0 Å². The van der Waals surface area contributed by atoms with Gasteiger partial charge in [0.15, 0.2) is 11.5 Å². The summed E-state index contributed by atoms with van der Waals surface area (Å²) in [6, 6.07) is 2.06. The predicted octanol–water partition coefficient (Wildman–Crippen LogP) is 2.32. The monoisotopic (exact) mass is 298 g/mol. The number of hydrogen-bond donors (Lipinski definition) is 1. The van der Waals surface area contributed by atoms with Crippen molar-refractivity contribution in [1.82, 2.24) is 10.2 Å². The van der Waals surface area contributed by atoms with Crippen molar-refractivity contribution in [2.45, 2.75) is 19.9 Å². The lowest BCUT2D eigenvalue weighted by Gasteiger charge is -2.28. The van der Waals surface area contributed by atoms with Crippen LogP contribution >= 0.6 is 11.6 Å². The lowest BCUT2D eigenvalue weighted by Crippen LogP contribution is -2.43. The molecule has 0 saturated carbocycles. The lowest BCUT2D eigenvalue weighted by atomic mass is 10.0. The van der Waals surface area contributed by atoms with Crippen LogP contribution in [0.3, 0.4) is 0 Å². The molecule has 0 radical (unpaired) electrons. The fraction of sp³-hybridized carbons (Fsp3) is 0.600. The van der Waals surface area contributed by atoms with Gasteiger partial charge >= 0.3 is 0 Å². The van der Waals surface area contributed by atoms with Gasteiger partial charge in [0, 0.05) is 32.7 Å². The maximum absolute atomic E-state index is 6.48. The second kappa shape index (κ2) is 7.16. The van der Waals surface area contributed by atoms with E-state index >= 15 is 0 Å². The molecule has 1 aliphatic rings. The Morgan fingerprint density at radius 3 is 2.50 bits per heavy atom. The van der Waals surface area contributed by atoms with Crippen molar-refractivity contribution >= 4 is 11.6 Å². The molecule has 1 fully saturated rings. The van der Waals surface area contributed by atoms with E-state index in [0.29, 0.717) is 16.5 Å². The van der Waals surface area contributed by atoms with Crippen LogP contribution < -0.4 is 14.8 Å². The Bertz CT molecular complexity index is 460. The van der Waals surface area contributed by atoms with Crippen molar-refractivity contribution in [2.75, 3.05) is 40.4 Å². The number of hydrogen-bond acceptors (Lipinski definition) is 4. The minimum Gasteiger partial charge on any atom is -0.493 e. The standard InChI is InChI=1S/C15H23ClN2O2/c1-4-12-11(10-18-7-5-17-6-8-18)9-13(19-2)15(20-3)14(12)16/h9,17H,4-8,10H2,1-3H3. The van der Waals surface area contributed by atoms with Crippen LogP contribution in [0.25, 0.3) is 0 Å². The highest BCUT2D eigenvalue weighted by Gasteiger charge is 2.19. The van der Waals surface area contributed by atoms with Crippen molar-refractivity contribution < 1.29 is 9.47 Å². The Morgan fingerprint density at radius 1 is 1.25 bits per heavy atom. The molecule has 1 heterocycles. The van der Waals surface area contributed by atoms with Crippen molar-refractivity contribution in [1.29, 1.82) is 0 Å². The Morgan fingerprint density at radius 2 is 1.95 bits per heavy atom. The summed E-state index contributed by atoms with van der Waals surface area (Å²) in [6.45, 7) is 7.24. The van der Waals surface area contributed by atoms with E-state index in [1.807, 2.05) is 0 Å². The Kier molecular flexibility index (Phi) is 5.52. The van der Waals surface area contributed by atoms with Gasteiger partial charge in [-0.05, 0) is 23.6 Å². The number of methoxy groups -OCH3 is 2. The fourth-order valence-electron chi connectivity index (χ4n) is 2.67. The van der Waals surface area contributed by atoms with Crippen LogP contribution in [0.15, 0.2) is 6.07 Å². The SMILES string of the molecule is CCc1c(CN2CCNCC2)cc(OC)c(OC)c1Cl. The minimum atomic E-state index is 0.634. The van der Waals surface area contributed by atoms with Crippen LogP contribution in [-0.2, 0) is 13.0 Å². The maximum Gasteiger partial charge on any atom is 0.179 e. The van der Waals surface area contributed by atoms with Crippen molar-refractivity contribution in [2.24, 2.45) is 0 Å². The second-order valence-corrected chi connectivity index (χ2v) is 5.32. The first-order chi connectivity index (χ1) is 9.71. The maximum atomic E-state index is 6.48. The molecule has 0 amide bonds. The molecule has 4 nitrogen and oxygen atoms in total. The predicted molar refractivity (Wildman–Crippen MR) is 82.1 cm³/mol. The molecule has 0 aliphatic carbocycles. The number of halogens is 1. The fourth-order valence-corrected chi connectivity index (χ4v) is 3.10. The van der Waals surface area contributed by atoms with E-state index in [4.69, 9.17) is 21.1 Å². The molecule has 1 N–H and O–H groups in total. The molecule has 0 atom stereocenters. The summed E-state index contributed by atoms with van der Waals surface area (Å²) >= 11 is 6.48. The summed E-state index contributed by atoms with van der Waals surface area (Å²) in [7, 11) is 3.27. The van der Waals surface area contributed by atoms with Gasteiger partial charge in [-0.25, -0.2) is 0 Å². The van der Waals surface area contributed by atoms with Crippen LogP contribution in [0.2, 0.25) is 5.02 Å². The van der Waals surface area contributed by atoms with E-state index in [9.17, 15) is 0 Å². The van der Waals surface area contributed by atoms with Gasteiger partial charge in [-0.15, -0.1) is 0 Å². The minimum absolute atomic E-state index is 0.634. The summed E-state index contributed by atoms with van der Waals surface area (Å²) < 4.78 is 10.8. The Labute approximate surface area is 126 Å². The zero-order chi connectivity index (χ0) is 14.5. The van der Waals surface area contributed by atoms with Gasteiger partial charge in [-0.1, -0.05) is 18.5 Å². The van der Waals surface area contributed by atoms with Crippen molar-refractivity contribution in [3.8, 4) is 11.5 Å². The average molecular weight is 299 g/mol. The molecule has 0 aromatic heterocycles. The molecular weight excluding hydrogens is 276 g/mol. The van der Waals surface area contributed by atoms with E-state index < -0.39 is 0 Å². The van der Waals surface area contributed by atoms with Gasteiger partial charge in [-0.3, -0.25) is 4.90 Å². The smallest absolute Gasteiger partial charge is 0.179 e. The van der Waals surface area contributed by atoms with E-state index in [2.05, 4.69) is 23.2 Å². The van der Waals surface area contributed by atoms with E-state index in [0.717, 1.165) is 44.7 Å². The summed E-state index contributed by atoms with van der Waals surface area (Å²) in [6.07, 6.45) is 0.889. The number of rotatable bonds is 5. The third-order valence-corrected chi connectivity index (χ3v) is 4.16. The highest BCUT2D eigenvalue weighted by Crippen LogP contribution is 2.40. The first kappa shape index (κ1) is 15.4. The lowest BCUT2D eigenvalue weighted by molar-refractivity contribution is 0.232. The van der Waals surface area contributed by atoms with E-state index in [1.54, 1.807) is 14.2 Å². The van der Waals surface area contributed by atoms with Crippen molar-refractivity contribution in [3.05, 3.63) is 22.2 Å². The molecule has 20 heavy (non-hydrogen) atoms. The van der Waals surface area contributed by atoms with Gasteiger partial charge in [0.1, 0.15) is 0 Å². The largest absolute Gasteiger partial charge is 0.493 e. The molecule has 1 aliphatic heterocycles. The first-order valence-electron chi connectivity index (χ1n) is 7.06. The number of piperazine rings is 1. The van der Waals surface area contributed by atoms with Crippen molar-refractivity contribution in [3.63, 3.8) is 0 Å². The summed E-state index contributed by atoms with van der Waals surface area (Å²) in [5, 5.41) is 4.05. The molecule has 0 unspecified atom stereocenters. The molecule has 0 bridgehead atoms. The van der Waals surface area contributed by atoms with Crippen LogP contribution in [0.1, 0.15) is 18.1 Å². The van der Waals surface area contributed by atoms with E-state index in [-0.39, 0.29) is 0 Å². The second-order valence-electron chi connectivity index (χ2n) is 4.94. The molecule has 112 valence electrons. The van der Waals surface area contributed by atoms with E-state index in [1.165, 1.54) is 5.56 Å². The zero-order valence-corrected chi connectivity index (χ0v) is 13.2. The first-order valence-corrected chi connectivity index (χ1v) is 7.44. The molecular formula is C15H23ClN2O2. The molecule has 2 rings (SSSR count). The summed E-state index contributed by atoms with van der Waals surface area (Å²) in [5.41, 5.74) is 2.39. The van der Waals surface area contributed by atoms with Gasteiger partial charge in [-0.2, -0.15) is 0 Å². The number of nitrogens with one attached hydrogen (secondary N) is 1.